The molecule has 0 atom stereocenters. The van der Waals surface area contributed by atoms with Gasteiger partial charge in [-0.3, -0.25) is 5.32 Å². The highest BCUT2D eigenvalue weighted by Crippen LogP contribution is 2.24. The summed E-state index contributed by atoms with van der Waals surface area (Å²) in [5, 5.41) is 9.80. The number of hydrogen-bond donors (Lipinski definition) is 2. The Balaban J connectivity index is 1.69. The fourth-order valence-corrected chi connectivity index (χ4v) is 2.26. The number of nitrogens with one attached hydrogen (secondary N) is 2. The summed E-state index contributed by atoms with van der Waals surface area (Å²) in [4.78, 5) is 12.0. The lowest BCUT2D eigenvalue weighted by atomic mass is 10.2. The zero-order valence-corrected chi connectivity index (χ0v) is 13.1. The number of benzene rings is 2. The van der Waals surface area contributed by atoms with Crippen molar-refractivity contribution in [3.05, 3.63) is 65.2 Å². The SMILES string of the molecule is Cc1c(Cl)cccc1NC(=O)Nc1cc(-c2ccccc2)on1. The van der Waals surface area contributed by atoms with E-state index in [1.807, 2.05) is 37.3 Å². The van der Waals surface area contributed by atoms with Crippen molar-refractivity contribution in [2.45, 2.75) is 6.92 Å². The summed E-state index contributed by atoms with van der Waals surface area (Å²) in [5.41, 5.74) is 2.33. The van der Waals surface area contributed by atoms with Crippen LogP contribution in [0, 0.1) is 6.92 Å². The van der Waals surface area contributed by atoms with Crippen LogP contribution in [0.15, 0.2) is 59.1 Å². The van der Waals surface area contributed by atoms with Crippen LogP contribution in [-0.2, 0) is 0 Å². The van der Waals surface area contributed by atoms with Crippen LogP contribution in [0.3, 0.4) is 0 Å². The Morgan fingerprint density at radius 2 is 1.87 bits per heavy atom. The largest absolute Gasteiger partial charge is 0.354 e. The molecular weight excluding hydrogens is 314 g/mol. The number of carbonyl (C=O) groups excluding carboxylic acids is 1. The average Bonchev–Trinajstić information content (AvgIpc) is 3.01. The van der Waals surface area contributed by atoms with Gasteiger partial charge < -0.3 is 9.84 Å². The number of nitrogens with zero attached hydrogens (tertiary/aromatic N) is 1. The Morgan fingerprint density at radius 1 is 1.09 bits per heavy atom. The first-order valence-electron chi connectivity index (χ1n) is 6.99. The summed E-state index contributed by atoms with van der Waals surface area (Å²) >= 11 is 6.03. The molecule has 0 bridgehead atoms. The number of amides is 2. The van der Waals surface area contributed by atoms with Crippen LogP contribution in [0.1, 0.15) is 5.56 Å². The molecule has 0 saturated carbocycles. The predicted molar refractivity (Wildman–Crippen MR) is 90.8 cm³/mol. The van der Waals surface area contributed by atoms with Gasteiger partial charge in [0.15, 0.2) is 11.6 Å². The summed E-state index contributed by atoms with van der Waals surface area (Å²) in [6, 6.07) is 16.1. The van der Waals surface area contributed by atoms with Crippen molar-refractivity contribution in [2.75, 3.05) is 10.6 Å². The van der Waals surface area contributed by atoms with Crippen molar-refractivity contribution in [2.24, 2.45) is 0 Å². The van der Waals surface area contributed by atoms with Crippen LogP contribution in [0.5, 0.6) is 0 Å². The highest BCUT2D eigenvalue weighted by atomic mass is 35.5. The Bertz CT molecular complexity index is 831. The van der Waals surface area contributed by atoms with Gasteiger partial charge in [-0.15, -0.1) is 0 Å². The number of aromatic nitrogens is 1. The maximum atomic E-state index is 12.0. The van der Waals surface area contributed by atoms with E-state index in [0.29, 0.717) is 22.3 Å². The minimum atomic E-state index is -0.414. The van der Waals surface area contributed by atoms with Gasteiger partial charge in [0.2, 0.25) is 0 Å². The average molecular weight is 328 g/mol. The second-order valence-electron chi connectivity index (χ2n) is 4.93. The van der Waals surface area contributed by atoms with Gasteiger partial charge in [-0.2, -0.15) is 0 Å². The van der Waals surface area contributed by atoms with Gasteiger partial charge in [0.1, 0.15) is 0 Å². The molecule has 3 aromatic rings. The lowest BCUT2D eigenvalue weighted by Crippen LogP contribution is -2.20. The summed E-state index contributed by atoms with van der Waals surface area (Å²) < 4.78 is 5.23. The molecule has 0 saturated heterocycles. The number of halogens is 1. The Hall–Kier alpha value is -2.79. The quantitative estimate of drug-likeness (QED) is 0.715. The molecule has 2 N–H and O–H groups in total. The topological polar surface area (TPSA) is 67.2 Å². The highest BCUT2D eigenvalue weighted by Gasteiger charge is 2.11. The highest BCUT2D eigenvalue weighted by molar-refractivity contribution is 6.31. The second-order valence-corrected chi connectivity index (χ2v) is 5.34. The molecule has 0 radical (unpaired) electrons. The van der Waals surface area contributed by atoms with E-state index in [1.165, 1.54) is 0 Å². The third-order valence-electron chi connectivity index (χ3n) is 3.33. The van der Waals surface area contributed by atoms with Crippen LogP contribution in [0.25, 0.3) is 11.3 Å². The van der Waals surface area contributed by atoms with Crippen molar-refractivity contribution in [3.63, 3.8) is 0 Å². The van der Waals surface area contributed by atoms with Crippen molar-refractivity contribution < 1.29 is 9.32 Å². The van der Waals surface area contributed by atoms with E-state index in [4.69, 9.17) is 16.1 Å². The van der Waals surface area contributed by atoms with Gasteiger partial charge in [0, 0.05) is 22.3 Å². The summed E-state index contributed by atoms with van der Waals surface area (Å²) in [5.74, 6) is 0.917. The molecule has 0 aliphatic carbocycles. The Kier molecular flexibility index (Phi) is 4.30. The van der Waals surface area contributed by atoms with Crippen molar-refractivity contribution in [1.29, 1.82) is 0 Å². The van der Waals surface area contributed by atoms with E-state index >= 15 is 0 Å². The molecule has 2 amide bonds. The molecule has 0 spiro atoms. The maximum absolute atomic E-state index is 12.0. The fourth-order valence-electron chi connectivity index (χ4n) is 2.09. The van der Waals surface area contributed by atoms with Crippen molar-refractivity contribution in [1.82, 2.24) is 5.16 Å². The number of urea groups is 1. The van der Waals surface area contributed by atoms with Gasteiger partial charge in [-0.05, 0) is 24.6 Å². The molecule has 0 aliphatic heterocycles. The van der Waals surface area contributed by atoms with Gasteiger partial charge in [0.25, 0.3) is 0 Å². The normalized spacial score (nSPS) is 10.3. The maximum Gasteiger partial charge on any atom is 0.324 e. The van der Waals surface area contributed by atoms with E-state index in [1.54, 1.807) is 24.3 Å². The third-order valence-corrected chi connectivity index (χ3v) is 3.74. The molecular formula is C17H14ClN3O2. The molecule has 0 aliphatic rings. The lowest BCUT2D eigenvalue weighted by molar-refractivity contribution is 0.262. The Morgan fingerprint density at radius 3 is 2.65 bits per heavy atom. The molecule has 1 aromatic heterocycles. The first-order chi connectivity index (χ1) is 11.1. The standard InChI is InChI=1S/C17H14ClN3O2/c1-11-13(18)8-5-9-14(11)19-17(22)20-16-10-15(23-21-16)12-6-3-2-4-7-12/h2-10H,1H3,(H2,19,20,21,22). The summed E-state index contributed by atoms with van der Waals surface area (Å²) in [6.07, 6.45) is 0. The first-order valence-corrected chi connectivity index (χ1v) is 7.36. The monoisotopic (exact) mass is 327 g/mol. The van der Waals surface area contributed by atoms with Crippen LogP contribution < -0.4 is 10.6 Å². The first kappa shape index (κ1) is 15.1. The van der Waals surface area contributed by atoms with Crippen LogP contribution in [0.4, 0.5) is 16.3 Å². The van der Waals surface area contributed by atoms with E-state index in [0.717, 1.165) is 11.1 Å². The molecule has 2 aromatic carbocycles. The Labute approximate surface area is 138 Å². The van der Waals surface area contributed by atoms with Crippen molar-refractivity contribution >= 4 is 29.1 Å². The smallest absolute Gasteiger partial charge is 0.324 e. The molecule has 3 rings (SSSR count). The van der Waals surface area contributed by atoms with Gasteiger partial charge in [-0.25, -0.2) is 4.79 Å². The summed E-state index contributed by atoms with van der Waals surface area (Å²) in [6.45, 7) is 1.83. The zero-order chi connectivity index (χ0) is 16.2. The van der Waals surface area contributed by atoms with E-state index in [-0.39, 0.29) is 0 Å². The van der Waals surface area contributed by atoms with Crippen LogP contribution >= 0.6 is 11.6 Å². The number of hydrogen-bond acceptors (Lipinski definition) is 3. The van der Waals surface area contributed by atoms with Crippen LogP contribution in [-0.4, -0.2) is 11.2 Å². The predicted octanol–water partition coefficient (Wildman–Crippen LogP) is 4.95. The number of anilines is 2. The minimum absolute atomic E-state index is 0.334. The van der Waals surface area contributed by atoms with E-state index in [2.05, 4.69) is 15.8 Å². The second kappa shape index (κ2) is 6.54. The van der Waals surface area contributed by atoms with E-state index in [9.17, 15) is 4.79 Å². The van der Waals surface area contributed by atoms with Gasteiger partial charge in [0.05, 0.1) is 0 Å². The zero-order valence-electron chi connectivity index (χ0n) is 12.3. The van der Waals surface area contributed by atoms with Crippen LogP contribution in [0.2, 0.25) is 5.02 Å². The third kappa shape index (κ3) is 3.52. The van der Waals surface area contributed by atoms with Gasteiger partial charge in [-0.1, -0.05) is 53.2 Å². The molecule has 0 fully saturated rings. The molecule has 116 valence electrons. The van der Waals surface area contributed by atoms with E-state index < -0.39 is 6.03 Å². The number of carbonyl (C=O) groups is 1. The molecule has 5 nitrogen and oxygen atoms in total. The number of rotatable bonds is 3. The minimum Gasteiger partial charge on any atom is -0.354 e. The lowest BCUT2D eigenvalue weighted by Gasteiger charge is -2.09. The molecule has 6 heteroatoms. The molecule has 0 unspecified atom stereocenters. The van der Waals surface area contributed by atoms with Gasteiger partial charge >= 0.3 is 6.03 Å². The van der Waals surface area contributed by atoms with Crippen molar-refractivity contribution in [3.8, 4) is 11.3 Å². The fraction of sp³-hybridized carbons (Fsp3) is 0.0588. The summed E-state index contributed by atoms with van der Waals surface area (Å²) in [7, 11) is 0. The molecule has 23 heavy (non-hydrogen) atoms. The molecule has 1 heterocycles.